The fraction of sp³-hybridized carbons (Fsp3) is 0.318. The van der Waals surface area contributed by atoms with Crippen molar-refractivity contribution in [2.75, 3.05) is 18.5 Å². The van der Waals surface area contributed by atoms with E-state index in [1.54, 1.807) is 36.4 Å². The van der Waals surface area contributed by atoms with Crippen molar-refractivity contribution in [2.24, 2.45) is 7.05 Å². The predicted octanol–water partition coefficient (Wildman–Crippen LogP) is 3.04. The van der Waals surface area contributed by atoms with Gasteiger partial charge in [0.05, 0.1) is 17.6 Å². The van der Waals surface area contributed by atoms with Gasteiger partial charge < -0.3 is 24.7 Å². The summed E-state index contributed by atoms with van der Waals surface area (Å²) >= 11 is 5.84. The second-order valence-electron chi connectivity index (χ2n) is 7.30. The highest BCUT2D eigenvalue weighted by Gasteiger charge is 2.23. The Morgan fingerprint density at radius 2 is 2.06 bits per heavy atom. The second kappa shape index (κ2) is 9.36. The molecule has 0 aliphatic carbocycles. The van der Waals surface area contributed by atoms with E-state index in [0.717, 1.165) is 29.7 Å². The van der Waals surface area contributed by atoms with Gasteiger partial charge in [0.15, 0.2) is 6.61 Å². The van der Waals surface area contributed by atoms with Crippen molar-refractivity contribution in [2.45, 2.75) is 25.5 Å². The number of carbonyl (C=O) groups excluding carboxylic acids is 2. The molecule has 0 spiro atoms. The lowest BCUT2D eigenvalue weighted by Gasteiger charge is -2.10. The number of carbonyl (C=O) groups is 2. The van der Waals surface area contributed by atoms with Crippen LogP contribution in [0.3, 0.4) is 0 Å². The van der Waals surface area contributed by atoms with E-state index in [1.807, 2.05) is 17.7 Å². The number of fused-ring (bicyclic) bond motifs is 1. The number of imidazole rings is 1. The monoisotopic (exact) mass is 442 g/mol. The molecule has 1 unspecified atom stereocenters. The van der Waals surface area contributed by atoms with Crippen molar-refractivity contribution in [1.29, 1.82) is 0 Å². The molecule has 3 aromatic rings. The average molecular weight is 443 g/mol. The summed E-state index contributed by atoms with van der Waals surface area (Å²) in [5.74, 6) is 0.887. The minimum absolute atomic E-state index is 0.113. The number of ether oxygens (including phenoxy) is 2. The number of aryl methyl sites for hydroxylation is 1. The van der Waals surface area contributed by atoms with Crippen molar-refractivity contribution in [3.8, 4) is 5.75 Å². The van der Waals surface area contributed by atoms with Gasteiger partial charge in [-0.1, -0.05) is 11.6 Å². The summed E-state index contributed by atoms with van der Waals surface area (Å²) in [6, 6.07) is 12.3. The first-order valence-corrected chi connectivity index (χ1v) is 10.4. The maximum absolute atomic E-state index is 12.2. The lowest BCUT2D eigenvalue weighted by molar-refractivity contribution is -0.130. The van der Waals surface area contributed by atoms with Gasteiger partial charge in [-0.25, -0.2) is 4.98 Å². The molecule has 31 heavy (non-hydrogen) atoms. The van der Waals surface area contributed by atoms with Crippen molar-refractivity contribution in [3.05, 3.63) is 53.3 Å². The molecule has 1 aliphatic heterocycles. The van der Waals surface area contributed by atoms with Crippen LogP contribution in [0.4, 0.5) is 5.69 Å². The van der Waals surface area contributed by atoms with Crippen molar-refractivity contribution in [3.63, 3.8) is 0 Å². The summed E-state index contributed by atoms with van der Waals surface area (Å²) in [5.41, 5.74) is 2.24. The Kier molecular flexibility index (Phi) is 6.39. The number of hydrogen-bond donors (Lipinski definition) is 2. The highest BCUT2D eigenvalue weighted by molar-refractivity contribution is 6.30. The van der Waals surface area contributed by atoms with Gasteiger partial charge in [-0.15, -0.1) is 0 Å². The highest BCUT2D eigenvalue weighted by Crippen LogP contribution is 2.20. The minimum Gasteiger partial charge on any atom is -0.484 e. The molecule has 2 N–H and O–H groups in total. The van der Waals surface area contributed by atoms with Gasteiger partial charge in [0, 0.05) is 24.4 Å². The Balaban J connectivity index is 1.36. The molecule has 2 amide bonds. The summed E-state index contributed by atoms with van der Waals surface area (Å²) in [4.78, 5) is 29.0. The highest BCUT2D eigenvalue weighted by atomic mass is 35.5. The first-order valence-electron chi connectivity index (χ1n) is 10.0. The molecular weight excluding hydrogens is 420 g/mol. The standard InChI is InChI=1S/C22H23ClN4O4/c1-27-18-9-6-15(25-21(28)13-31-16-7-4-14(23)5-8-16)11-17(18)26-20(27)12-24-22(29)19-3-2-10-30-19/h4-9,11,19H,2-3,10,12-13H2,1H3,(H,24,29)(H,25,28). The van der Waals surface area contributed by atoms with E-state index < -0.39 is 0 Å². The molecule has 2 aromatic carbocycles. The zero-order valence-electron chi connectivity index (χ0n) is 17.1. The molecule has 1 atom stereocenters. The van der Waals surface area contributed by atoms with E-state index in [1.165, 1.54) is 0 Å². The first kappa shape index (κ1) is 21.1. The third-order valence-corrected chi connectivity index (χ3v) is 5.34. The number of aromatic nitrogens is 2. The van der Waals surface area contributed by atoms with E-state index in [4.69, 9.17) is 21.1 Å². The number of hydrogen-bond acceptors (Lipinski definition) is 5. The molecule has 1 aromatic heterocycles. The van der Waals surface area contributed by atoms with E-state index in [9.17, 15) is 9.59 Å². The normalized spacial score (nSPS) is 15.7. The quantitative estimate of drug-likeness (QED) is 0.586. The molecule has 0 radical (unpaired) electrons. The number of anilines is 1. The largest absolute Gasteiger partial charge is 0.484 e. The topological polar surface area (TPSA) is 94.5 Å². The number of nitrogens with one attached hydrogen (secondary N) is 2. The number of amides is 2. The molecular formula is C22H23ClN4O4. The maximum Gasteiger partial charge on any atom is 0.262 e. The summed E-state index contributed by atoms with van der Waals surface area (Å²) in [5, 5.41) is 6.29. The molecule has 1 aliphatic rings. The summed E-state index contributed by atoms with van der Waals surface area (Å²) < 4.78 is 12.8. The molecule has 9 heteroatoms. The molecule has 0 bridgehead atoms. The second-order valence-corrected chi connectivity index (χ2v) is 7.74. The third kappa shape index (κ3) is 5.15. The maximum atomic E-state index is 12.2. The van der Waals surface area contributed by atoms with Gasteiger partial charge in [-0.2, -0.15) is 0 Å². The van der Waals surface area contributed by atoms with Crippen molar-refractivity contribution >= 4 is 40.1 Å². The summed E-state index contributed by atoms with van der Waals surface area (Å²) in [6.45, 7) is 0.812. The number of rotatable bonds is 7. The zero-order chi connectivity index (χ0) is 21.8. The van der Waals surface area contributed by atoms with E-state index in [-0.39, 0.29) is 24.5 Å². The van der Waals surface area contributed by atoms with Gasteiger partial charge >= 0.3 is 0 Å². The van der Waals surface area contributed by atoms with Crippen LogP contribution < -0.4 is 15.4 Å². The fourth-order valence-corrected chi connectivity index (χ4v) is 3.55. The fourth-order valence-electron chi connectivity index (χ4n) is 3.43. The Bertz CT molecular complexity index is 1090. The number of halogens is 1. The third-order valence-electron chi connectivity index (χ3n) is 5.08. The van der Waals surface area contributed by atoms with E-state index >= 15 is 0 Å². The van der Waals surface area contributed by atoms with Crippen LogP contribution in [0.1, 0.15) is 18.7 Å². The zero-order valence-corrected chi connectivity index (χ0v) is 17.8. The van der Waals surface area contributed by atoms with Crippen LogP contribution in [-0.4, -0.2) is 40.7 Å². The molecule has 4 rings (SSSR count). The average Bonchev–Trinajstić information content (AvgIpc) is 3.40. The van der Waals surface area contributed by atoms with Crippen LogP contribution in [0.2, 0.25) is 5.02 Å². The van der Waals surface area contributed by atoms with Crippen LogP contribution in [0.5, 0.6) is 5.75 Å². The first-order chi connectivity index (χ1) is 15.0. The van der Waals surface area contributed by atoms with Gasteiger partial charge in [0.2, 0.25) is 5.91 Å². The van der Waals surface area contributed by atoms with Crippen LogP contribution >= 0.6 is 11.6 Å². The molecule has 162 valence electrons. The molecule has 1 saturated heterocycles. The van der Waals surface area contributed by atoms with E-state index in [0.29, 0.717) is 29.6 Å². The molecule has 8 nitrogen and oxygen atoms in total. The Morgan fingerprint density at radius 3 is 2.81 bits per heavy atom. The molecule has 2 heterocycles. The Morgan fingerprint density at radius 1 is 1.26 bits per heavy atom. The van der Waals surface area contributed by atoms with Crippen LogP contribution in [0.15, 0.2) is 42.5 Å². The van der Waals surface area contributed by atoms with Gasteiger partial charge in [-0.05, 0) is 55.3 Å². The van der Waals surface area contributed by atoms with Crippen molar-refractivity contribution in [1.82, 2.24) is 14.9 Å². The minimum atomic E-state index is -0.369. The van der Waals surface area contributed by atoms with Crippen LogP contribution in [0, 0.1) is 0 Å². The van der Waals surface area contributed by atoms with Crippen molar-refractivity contribution < 1.29 is 19.1 Å². The predicted molar refractivity (Wildman–Crippen MR) is 117 cm³/mol. The van der Waals surface area contributed by atoms with Crippen LogP contribution in [0.25, 0.3) is 11.0 Å². The number of benzene rings is 2. The summed E-state index contributed by atoms with van der Waals surface area (Å²) in [7, 11) is 1.89. The Labute approximate surface area is 184 Å². The number of nitrogens with zero attached hydrogens (tertiary/aromatic N) is 2. The van der Waals surface area contributed by atoms with Gasteiger partial charge in [0.1, 0.15) is 17.7 Å². The van der Waals surface area contributed by atoms with E-state index in [2.05, 4.69) is 15.6 Å². The smallest absolute Gasteiger partial charge is 0.262 e. The molecule has 0 saturated carbocycles. The van der Waals surface area contributed by atoms with Gasteiger partial charge in [-0.3, -0.25) is 9.59 Å². The van der Waals surface area contributed by atoms with Gasteiger partial charge in [0.25, 0.3) is 5.91 Å². The lowest BCUT2D eigenvalue weighted by atomic mass is 10.2. The lowest BCUT2D eigenvalue weighted by Crippen LogP contribution is -2.34. The summed E-state index contributed by atoms with van der Waals surface area (Å²) in [6.07, 6.45) is 1.29. The Hall–Kier alpha value is -3.10. The molecule has 1 fully saturated rings. The van der Waals surface area contributed by atoms with Crippen LogP contribution in [-0.2, 0) is 27.9 Å². The SMILES string of the molecule is Cn1c(CNC(=O)C2CCCO2)nc2cc(NC(=O)COc3ccc(Cl)cc3)ccc21.